The zero-order valence-electron chi connectivity index (χ0n) is 14.3. The first-order chi connectivity index (χ1) is 12.5. The number of benzene rings is 2. The lowest BCUT2D eigenvalue weighted by atomic mass is 10.1. The van der Waals surface area contributed by atoms with E-state index in [1.165, 1.54) is 4.90 Å². The van der Waals surface area contributed by atoms with Gasteiger partial charge < -0.3 is 20.7 Å². The van der Waals surface area contributed by atoms with Crippen molar-refractivity contribution in [3.63, 3.8) is 0 Å². The van der Waals surface area contributed by atoms with Gasteiger partial charge in [-0.3, -0.25) is 9.59 Å². The van der Waals surface area contributed by atoms with Crippen molar-refractivity contribution in [2.24, 2.45) is 5.73 Å². The predicted octanol–water partition coefficient (Wildman–Crippen LogP) is 2.27. The molecule has 1 aliphatic heterocycles. The second-order valence-corrected chi connectivity index (χ2v) is 6.57. The molecule has 0 aromatic heterocycles. The maximum atomic E-state index is 12.8. The molecular weight excluding hydrogens is 354 g/mol. The van der Waals surface area contributed by atoms with Gasteiger partial charge >= 0.3 is 0 Å². The topological polar surface area (TPSA) is 84.7 Å². The fraction of sp³-hybridized carbons (Fsp3) is 0.263. The summed E-state index contributed by atoms with van der Waals surface area (Å²) in [5.41, 5.74) is 7.03. The molecule has 2 atom stereocenters. The Bertz CT molecular complexity index is 810. The molecule has 2 aromatic carbocycles. The van der Waals surface area contributed by atoms with Crippen LogP contribution in [0.25, 0.3) is 0 Å². The van der Waals surface area contributed by atoms with Crippen molar-refractivity contribution in [1.29, 1.82) is 0 Å². The number of hydrogen-bond acceptors (Lipinski definition) is 4. The Morgan fingerprint density at radius 1 is 1.27 bits per heavy atom. The normalized spacial score (nSPS) is 17.2. The standard InChI is InChI=1S/C19H20ClN3O3/c1-12(13-6-8-14(20)9-7-13)22-10-18(24)23-11-17(19(21)25)26-16-5-3-2-4-15(16)23/h2-9,12,17,22H,10-11H2,1H3,(H2,21,25)/t12-,17+/m1/s1. The lowest BCUT2D eigenvalue weighted by Crippen LogP contribution is -2.51. The van der Waals surface area contributed by atoms with Gasteiger partial charge in [0.1, 0.15) is 5.75 Å². The number of halogens is 1. The second kappa shape index (κ2) is 7.76. The van der Waals surface area contributed by atoms with Gasteiger partial charge in [-0.1, -0.05) is 35.9 Å². The Balaban J connectivity index is 1.70. The Labute approximate surface area is 156 Å². The molecule has 0 radical (unpaired) electrons. The van der Waals surface area contributed by atoms with Crippen LogP contribution in [0, 0.1) is 0 Å². The molecule has 6 nitrogen and oxygen atoms in total. The second-order valence-electron chi connectivity index (χ2n) is 6.14. The van der Waals surface area contributed by atoms with Gasteiger partial charge in [0.05, 0.1) is 18.8 Å². The van der Waals surface area contributed by atoms with E-state index in [-0.39, 0.29) is 25.0 Å². The van der Waals surface area contributed by atoms with Crippen LogP contribution >= 0.6 is 11.6 Å². The van der Waals surface area contributed by atoms with Gasteiger partial charge in [-0.2, -0.15) is 0 Å². The first kappa shape index (κ1) is 18.2. The minimum absolute atomic E-state index is 0.0283. The number of carbonyl (C=O) groups is 2. The zero-order chi connectivity index (χ0) is 18.7. The monoisotopic (exact) mass is 373 g/mol. The molecular formula is C19H20ClN3O3. The molecule has 0 aliphatic carbocycles. The number of nitrogens with two attached hydrogens (primary N) is 1. The van der Waals surface area contributed by atoms with Crippen molar-refractivity contribution in [2.45, 2.75) is 19.1 Å². The average molecular weight is 374 g/mol. The van der Waals surface area contributed by atoms with Crippen molar-refractivity contribution < 1.29 is 14.3 Å². The Kier molecular flexibility index (Phi) is 5.44. The van der Waals surface area contributed by atoms with E-state index in [2.05, 4.69) is 5.32 Å². The number of ether oxygens (including phenoxy) is 1. The number of nitrogens with one attached hydrogen (secondary N) is 1. The van der Waals surface area contributed by atoms with Crippen LogP contribution in [-0.2, 0) is 9.59 Å². The number of fused-ring (bicyclic) bond motifs is 1. The van der Waals surface area contributed by atoms with Crippen molar-refractivity contribution in [1.82, 2.24) is 5.32 Å². The molecule has 7 heteroatoms. The van der Waals surface area contributed by atoms with Gasteiger partial charge in [-0.05, 0) is 36.8 Å². The van der Waals surface area contributed by atoms with Gasteiger partial charge in [-0.15, -0.1) is 0 Å². The maximum Gasteiger partial charge on any atom is 0.260 e. The van der Waals surface area contributed by atoms with Crippen molar-refractivity contribution in [3.8, 4) is 5.75 Å². The lowest BCUT2D eigenvalue weighted by molar-refractivity contribution is -0.125. The minimum Gasteiger partial charge on any atom is -0.477 e. The molecule has 26 heavy (non-hydrogen) atoms. The van der Waals surface area contributed by atoms with E-state index in [0.29, 0.717) is 16.5 Å². The van der Waals surface area contributed by atoms with Crippen LogP contribution in [0.15, 0.2) is 48.5 Å². The number of nitrogens with zero attached hydrogens (tertiary/aromatic N) is 1. The van der Waals surface area contributed by atoms with Gasteiger partial charge in [-0.25, -0.2) is 0 Å². The van der Waals surface area contributed by atoms with Gasteiger partial charge in [0.25, 0.3) is 5.91 Å². The highest BCUT2D eigenvalue weighted by atomic mass is 35.5. The van der Waals surface area contributed by atoms with Crippen molar-refractivity contribution in [2.75, 3.05) is 18.0 Å². The van der Waals surface area contributed by atoms with E-state index in [9.17, 15) is 9.59 Å². The van der Waals surface area contributed by atoms with Crippen LogP contribution in [0.4, 0.5) is 5.69 Å². The van der Waals surface area contributed by atoms with Gasteiger partial charge in [0, 0.05) is 11.1 Å². The molecule has 2 amide bonds. The molecule has 0 fully saturated rings. The number of carbonyl (C=O) groups excluding carboxylic acids is 2. The molecule has 0 bridgehead atoms. The average Bonchev–Trinajstić information content (AvgIpc) is 2.65. The first-order valence-corrected chi connectivity index (χ1v) is 8.67. The van der Waals surface area contributed by atoms with E-state index in [1.54, 1.807) is 18.2 Å². The van der Waals surface area contributed by atoms with Crippen LogP contribution in [0.1, 0.15) is 18.5 Å². The summed E-state index contributed by atoms with van der Waals surface area (Å²) >= 11 is 5.90. The summed E-state index contributed by atoms with van der Waals surface area (Å²) in [7, 11) is 0. The van der Waals surface area contributed by atoms with E-state index >= 15 is 0 Å². The third-order valence-corrected chi connectivity index (χ3v) is 4.57. The van der Waals surface area contributed by atoms with Gasteiger partial charge in [0.15, 0.2) is 6.10 Å². The molecule has 1 aliphatic rings. The molecule has 1 heterocycles. The van der Waals surface area contributed by atoms with E-state index in [4.69, 9.17) is 22.1 Å². The third kappa shape index (κ3) is 3.98. The molecule has 0 saturated carbocycles. The highest BCUT2D eigenvalue weighted by molar-refractivity contribution is 6.30. The summed E-state index contributed by atoms with van der Waals surface area (Å²) in [6.07, 6.45) is -0.859. The van der Waals surface area contributed by atoms with E-state index in [0.717, 1.165) is 5.56 Å². The van der Waals surface area contributed by atoms with Crippen molar-refractivity contribution in [3.05, 3.63) is 59.1 Å². The van der Waals surface area contributed by atoms with Gasteiger partial charge in [0.2, 0.25) is 5.91 Å². The molecule has 136 valence electrons. The zero-order valence-corrected chi connectivity index (χ0v) is 15.1. The van der Waals surface area contributed by atoms with Crippen LogP contribution in [0.5, 0.6) is 5.75 Å². The Morgan fingerprint density at radius 2 is 1.96 bits per heavy atom. The van der Waals surface area contributed by atoms with Crippen LogP contribution < -0.4 is 20.7 Å². The summed E-state index contributed by atoms with van der Waals surface area (Å²) in [5.74, 6) is -0.283. The molecule has 0 saturated heterocycles. The van der Waals surface area contributed by atoms with Crippen LogP contribution in [-0.4, -0.2) is 31.0 Å². The van der Waals surface area contributed by atoms with Crippen LogP contribution in [0.3, 0.4) is 0 Å². The summed E-state index contributed by atoms with van der Waals surface area (Å²) < 4.78 is 5.58. The van der Waals surface area contributed by atoms with E-state index < -0.39 is 12.0 Å². The summed E-state index contributed by atoms with van der Waals surface area (Å²) in [6, 6.07) is 14.5. The Morgan fingerprint density at radius 3 is 2.65 bits per heavy atom. The number of amides is 2. The number of rotatable bonds is 5. The predicted molar refractivity (Wildman–Crippen MR) is 100 cm³/mol. The maximum absolute atomic E-state index is 12.8. The number of hydrogen-bond donors (Lipinski definition) is 2. The highest BCUT2D eigenvalue weighted by Gasteiger charge is 2.32. The quantitative estimate of drug-likeness (QED) is 0.842. The summed E-state index contributed by atoms with van der Waals surface area (Å²) in [5, 5.41) is 3.87. The molecule has 3 N–H and O–H groups in total. The fourth-order valence-electron chi connectivity index (χ4n) is 2.82. The molecule has 2 aromatic rings. The SMILES string of the molecule is C[C@@H](NCC(=O)N1C[C@@H](C(N)=O)Oc2ccccc21)c1ccc(Cl)cc1. The molecule has 0 spiro atoms. The number of anilines is 1. The highest BCUT2D eigenvalue weighted by Crippen LogP contribution is 2.33. The fourth-order valence-corrected chi connectivity index (χ4v) is 2.95. The number of primary amides is 1. The lowest BCUT2D eigenvalue weighted by Gasteiger charge is -2.33. The largest absolute Gasteiger partial charge is 0.477 e. The smallest absolute Gasteiger partial charge is 0.260 e. The molecule has 3 rings (SSSR count). The van der Waals surface area contributed by atoms with Crippen molar-refractivity contribution >= 4 is 29.1 Å². The third-order valence-electron chi connectivity index (χ3n) is 4.32. The molecule has 0 unspecified atom stereocenters. The number of para-hydroxylation sites is 2. The summed E-state index contributed by atoms with van der Waals surface area (Å²) in [6.45, 7) is 2.18. The van der Waals surface area contributed by atoms with E-state index in [1.807, 2.05) is 37.3 Å². The summed E-state index contributed by atoms with van der Waals surface area (Å²) in [4.78, 5) is 25.8. The minimum atomic E-state index is -0.859. The first-order valence-electron chi connectivity index (χ1n) is 8.30. The Hall–Kier alpha value is -2.57. The van der Waals surface area contributed by atoms with Crippen LogP contribution in [0.2, 0.25) is 5.02 Å².